The number of aliphatic hydroxyl groups excluding tert-OH is 5. The molecule has 0 saturated heterocycles. The molecule has 6 N–H and O–H groups in total. The minimum Gasteiger partial charge on any atom is -0.462 e. The first kappa shape index (κ1) is 56.6. The van der Waals surface area contributed by atoms with Crippen LogP contribution in [0.5, 0.6) is 0 Å². The van der Waals surface area contributed by atoms with Gasteiger partial charge < -0.3 is 39.9 Å². The van der Waals surface area contributed by atoms with Crippen molar-refractivity contribution in [3.8, 4) is 0 Å². The molecule has 0 radical (unpaired) electrons. The average Bonchev–Trinajstić information content (AvgIpc) is 3.23. The number of esters is 2. The molecule has 6 unspecified atom stereocenters. The van der Waals surface area contributed by atoms with Crippen LogP contribution in [-0.4, -0.2) is 98.3 Å². The van der Waals surface area contributed by atoms with Gasteiger partial charge in [-0.1, -0.05) is 174 Å². The monoisotopic (exact) mass is 879 g/mol. The molecule has 13 nitrogen and oxygen atoms in total. The maximum Gasteiger partial charge on any atom is 0.472 e. The Morgan fingerprint density at radius 2 is 0.850 bits per heavy atom. The molecule has 1 aliphatic carbocycles. The molecule has 0 aliphatic heterocycles. The third-order valence-electron chi connectivity index (χ3n) is 11.4. The molecule has 60 heavy (non-hydrogen) atoms. The highest BCUT2D eigenvalue weighted by Gasteiger charge is 2.51. The number of phosphoric ester groups is 1. The zero-order chi connectivity index (χ0) is 44.3. The SMILES string of the molecule is CCCCC/C=C/CCCCCCCC(=O)O[C@@H](COC(=O)CCCCCCCCCCCCCCCCCCCCC)COP(=O)(O)OC1C(O)C(O)C(O)[C@H](O)C1O. The second kappa shape index (κ2) is 37.0. The molecule has 0 aromatic rings. The van der Waals surface area contributed by atoms with Crippen molar-refractivity contribution in [2.45, 2.75) is 256 Å². The van der Waals surface area contributed by atoms with Gasteiger partial charge in [-0.3, -0.25) is 18.6 Å². The molecule has 0 aromatic carbocycles. The number of phosphoric acid groups is 1. The van der Waals surface area contributed by atoms with Crippen molar-refractivity contribution >= 4 is 19.8 Å². The van der Waals surface area contributed by atoms with Gasteiger partial charge in [0.15, 0.2) is 6.10 Å². The maximum atomic E-state index is 12.8. The molecular weight excluding hydrogens is 791 g/mol. The van der Waals surface area contributed by atoms with E-state index in [1.165, 1.54) is 116 Å². The number of unbranched alkanes of at least 4 members (excludes halogenated alkanes) is 26. The lowest BCUT2D eigenvalue weighted by molar-refractivity contribution is -0.220. The second-order valence-corrected chi connectivity index (χ2v) is 18.4. The van der Waals surface area contributed by atoms with E-state index in [9.17, 15) is 44.6 Å². The molecule has 1 saturated carbocycles. The van der Waals surface area contributed by atoms with Crippen molar-refractivity contribution in [1.82, 2.24) is 0 Å². The van der Waals surface area contributed by atoms with Gasteiger partial charge in [-0.2, -0.15) is 0 Å². The second-order valence-electron chi connectivity index (χ2n) is 17.0. The van der Waals surface area contributed by atoms with Crippen LogP contribution in [0.3, 0.4) is 0 Å². The molecule has 0 bridgehead atoms. The molecule has 0 heterocycles. The molecule has 8 atom stereocenters. The van der Waals surface area contributed by atoms with E-state index in [0.717, 1.165) is 57.8 Å². The summed E-state index contributed by atoms with van der Waals surface area (Å²) < 4.78 is 33.5. The highest BCUT2D eigenvalue weighted by atomic mass is 31.2. The summed E-state index contributed by atoms with van der Waals surface area (Å²) in [6.07, 6.45) is 25.6. The lowest BCUT2D eigenvalue weighted by Gasteiger charge is -2.41. The number of ether oxygens (including phenoxy) is 2. The lowest BCUT2D eigenvalue weighted by Crippen LogP contribution is -2.64. The van der Waals surface area contributed by atoms with Crippen LogP contribution < -0.4 is 0 Å². The van der Waals surface area contributed by atoms with Gasteiger partial charge in [0.05, 0.1) is 6.61 Å². The maximum absolute atomic E-state index is 12.8. The van der Waals surface area contributed by atoms with E-state index in [0.29, 0.717) is 12.8 Å². The highest BCUT2D eigenvalue weighted by Crippen LogP contribution is 2.47. The molecule has 0 amide bonds. The first-order valence-corrected chi connectivity index (χ1v) is 25.5. The Hall–Kier alpha value is -1.41. The number of rotatable bonds is 40. The third kappa shape index (κ3) is 29.0. The van der Waals surface area contributed by atoms with E-state index in [2.05, 4.69) is 26.0 Å². The smallest absolute Gasteiger partial charge is 0.462 e. The fourth-order valence-corrected chi connectivity index (χ4v) is 8.43. The molecule has 0 aromatic heterocycles. The van der Waals surface area contributed by atoms with Crippen LogP contribution in [0.25, 0.3) is 0 Å². The Bertz CT molecular complexity index is 1110. The zero-order valence-electron chi connectivity index (χ0n) is 37.5. The number of carbonyl (C=O) groups excluding carboxylic acids is 2. The number of hydrogen-bond donors (Lipinski definition) is 6. The molecule has 1 fully saturated rings. The van der Waals surface area contributed by atoms with Gasteiger partial charge >= 0.3 is 19.8 Å². The van der Waals surface area contributed by atoms with Crippen LogP contribution in [0.15, 0.2) is 12.2 Å². The summed E-state index contributed by atoms with van der Waals surface area (Å²) in [5.41, 5.74) is 0. The molecule has 0 spiro atoms. The van der Waals surface area contributed by atoms with Crippen LogP contribution in [0.4, 0.5) is 0 Å². The van der Waals surface area contributed by atoms with Crippen molar-refractivity contribution in [3.05, 3.63) is 12.2 Å². The van der Waals surface area contributed by atoms with Crippen molar-refractivity contribution in [3.63, 3.8) is 0 Å². The molecular formula is C46H87O13P. The van der Waals surface area contributed by atoms with E-state index in [-0.39, 0.29) is 12.8 Å². The van der Waals surface area contributed by atoms with Gasteiger partial charge in [0, 0.05) is 12.8 Å². The summed E-state index contributed by atoms with van der Waals surface area (Å²) in [5.74, 6) is -1.10. The minimum atomic E-state index is -5.11. The van der Waals surface area contributed by atoms with Gasteiger partial charge in [-0.25, -0.2) is 4.57 Å². The van der Waals surface area contributed by atoms with E-state index >= 15 is 0 Å². The molecule has 14 heteroatoms. The van der Waals surface area contributed by atoms with Crippen LogP contribution in [0.2, 0.25) is 0 Å². The number of allylic oxidation sites excluding steroid dienone is 2. The van der Waals surface area contributed by atoms with E-state index in [1.54, 1.807) is 0 Å². The first-order valence-electron chi connectivity index (χ1n) is 24.0. The summed E-state index contributed by atoms with van der Waals surface area (Å²) in [7, 11) is -5.11. The summed E-state index contributed by atoms with van der Waals surface area (Å²) in [6.45, 7) is 3.28. The lowest BCUT2D eigenvalue weighted by atomic mass is 9.85. The topological polar surface area (TPSA) is 210 Å². The summed E-state index contributed by atoms with van der Waals surface area (Å²) in [4.78, 5) is 35.7. The van der Waals surface area contributed by atoms with Crippen LogP contribution >= 0.6 is 7.82 Å². The van der Waals surface area contributed by atoms with Gasteiger partial charge in [0.25, 0.3) is 0 Å². The Morgan fingerprint density at radius 1 is 0.500 bits per heavy atom. The van der Waals surface area contributed by atoms with Crippen molar-refractivity contribution in [2.75, 3.05) is 13.2 Å². The zero-order valence-corrected chi connectivity index (χ0v) is 38.4. The summed E-state index contributed by atoms with van der Waals surface area (Å²) in [5, 5.41) is 50.1. The Balaban J connectivity index is 2.40. The van der Waals surface area contributed by atoms with Crippen LogP contribution in [0.1, 0.15) is 213 Å². The van der Waals surface area contributed by atoms with Gasteiger partial charge in [-0.05, 0) is 38.5 Å². The number of hydrogen-bond acceptors (Lipinski definition) is 12. The number of carbonyl (C=O) groups is 2. The van der Waals surface area contributed by atoms with E-state index in [4.69, 9.17) is 18.5 Å². The summed E-state index contributed by atoms with van der Waals surface area (Å²) >= 11 is 0. The van der Waals surface area contributed by atoms with Crippen molar-refractivity contribution in [1.29, 1.82) is 0 Å². The van der Waals surface area contributed by atoms with Crippen LogP contribution in [0, 0.1) is 0 Å². The Morgan fingerprint density at radius 3 is 1.30 bits per heavy atom. The van der Waals surface area contributed by atoms with Crippen LogP contribution in [-0.2, 0) is 32.7 Å². The Labute approximate surface area is 363 Å². The third-order valence-corrected chi connectivity index (χ3v) is 12.3. The molecule has 1 aliphatic rings. The van der Waals surface area contributed by atoms with Crippen molar-refractivity contribution < 1.29 is 63.1 Å². The van der Waals surface area contributed by atoms with E-state index in [1.807, 2.05) is 0 Å². The standard InChI is InChI=1S/C46H87O13P/c1-3-5-7-9-11-13-15-17-18-19-20-21-22-23-25-26-28-30-32-34-39(47)56-36-38(58-40(48)35-33-31-29-27-24-16-14-12-10-8-6-4-2)37-57-60(54,55)59-46-44(52)42(50)41(49)43(51)45(46)53/h12,14,38,41-46,49-53H,3-11,13,15-37H2,1-2H3,(H,54,55)/b14-12+/t38-,41?,42-,43?,44?,45?,46?/m0/s1. The minimum absolute atomic E-state index is 0.0903. The molecule has 1 rings (SSSR count). The van der Waals surface area contributed by atoms with E-state index < -0.39 is 75.7 Å². The first-order chi connectivity index (χ1) is 28.9. The Kier molecular flexibility index (Phi) is 34.9. The number of aliphatic hydroxyl groups is 5. The molecule has 354 valence electrons. The van der Waals surface area contributed by atoms with Gasteiger partial charge in [-0.15, -0.1) is 0 Å². The average molecular weight is 879 g/mol. The highest BCUT2D eigenvalue weighted by molar-refractivity contribution is 7.47. The van der Waals surface area contributed by atoms with Gasteiger partial charge in [0.1, 0.15) is 43.2 Å². The predicted molar refractivity (Wildman–Crippen MR) is 235 cm³/mol. The normalized spacial score (nSPS) is 22.2. The quantitative estimate of drug-likeness (QED) is 0.0147. The fourth-order valence-electron chi connectivity index (χ4n) is 7.46. The van der Waals surface area contributed by atoms with Crippen molar-refractivity contribution in [2.24, 2.45) is 0 Å². The van der Waals surface area contributed by atoms with Gasteiger partial charge in [0.2, 0.25) is 0 Å². The largest absolute Gasteiger partial charge is 0.472 e. The fraction of sp³-hybridized carbons (Fsp3) is 0.913. The summed E-state index contributed by atoms with van der Waals surface area (Å²) in [6, 6.07) is 0. The predicted octanol–water partition coefficient (Wildman–Crippen LogP) is 9.45.